The Morgan fingerprint density at radius 2 is 2.16 bits per heavy atom. The van der Waals surface area contributed by atoms with Gasteiger partial charge in [0.05, 0.1) is 13.6 Å². The number of rotatable bonds is 4. The lowest BCUT2D eigenvalue weighted by Gasteiger charge is -2.11. The number of aryl methyl sites for hydroxylation is 2. The molecule has 0 unspecified atom stereocenters. The van der Waals surface area contributed by atoms with Gasteiger partial charge in [-0.25, -0.2) is 13.7 Å². The van der Waals surface area contributed by atoms with Crippen LogP contribution < -0.4 is 4.57 Å². The molecule has 2 aromatic rings. The summed E-state index contributed by atoms with van der Waals surface area (Å²) in [6.45, 7) is 3.37. The fraction of sp³-hybridized carbons (Fsp3) is 0.375. The molecule has 0 bridgehead atoms. The minimum atomic E-state index is 1.09. The summed E-state index contributed by atoms with van der Waals surface area (Å²) in [5, 5.41) is 0. The van der Waals surface area contributed by atoms with Crippen LogP contribution in [0.3, 0.4) is 0 Å². The topological polar surface area (TPSA) is 11.8 Å². The number of nitrogens with zero attached hydrogens (tertiary/aromatic N) is 3. The van der Waals surface area contributed by atoms with E-state index in [1.807, 2.05) is 0 Å². The van der Waals surface area contributed by atoms with Crippen molar-refractivity contribution in [2.45, 2.75) is 19.4 Å². The van der Waals surface area contributed by atoms with E-state index in [1.54, 1.807) is 0 Å². The Morgan fingerprint density at radius 1 is 1.26 bits per heavy atom. The molecule has 2 heterocycles. The van der Waals surface area contributed by atoms with Crippen LogP contribution in [0.15, 0.2) is 43.0 Å². The fourth-order valence-corrected chi connectivity index (χ4v) is 2.68. The van der Waals surface area contributed by atoms with Gasteiger partial charge in [0.25, 0.3) is 0 Å². The van der Waals surface area contributed by atoms with Crippen LogP contribution in [0.1, 0.15) is 17.5 Å². The number of hydrogen-bond acceptors (Lipinski definition) is 0. The molecular formula is C16H21N3+2. The van der Waals surface area contributed by atoms with E-state index < -0.39 is 0 Å². The molecule has 0 atom stereocenters. The van der Waals surface area contributed by atoms with Crippen molar-refractivity contribution in [1.82, 2.24) is 4.57 Å². The molecule has 0 N–H and O–H groups in total. The van der Waals surface area contributed by atoms with Gasteiger partial charge in [-0.2, -0.15) is 0 Å². The molecule has 1 aliphatic heterocycles. The Balaban J connectivity index is 1.58. The standard InChI is InChI=1S/C16H21N3/c1-17-11-12-19(14-17)9-4-8-18-10-7-15-5-2-3-6-16(15)13-18/h2-3,5-6,11-14H,4,7-10H2,1H3/q+2. The molecule has 0 saturated heterocycles. The molecule has 0 fully saturated rings. The summed E-state index contributed by atoms with van der Waals surface area (Å²) >= 11 is 0. The van der Waals surface area contributed by atoms with E-state index in [0.29, 0.717) is 0 Å². The minimum absolute atomic E-state index is 1.09. The van der Waals surface area contributed by atoms with Gasteiger partial charge in [-0.3, -0.25) is 0 Å². The van der Waals surface area contributed by atoms with Crippen molar-refractivity contribution in [1.29, 1.82) is 0 Å². The van der Waals surface area contributed by atoms with Crippen LogP contribution >= 0.6 is 0 Å². The average molecular weight is 255 g/mol. The van der Waals surface area contributed by atoms with Crippen molar-refractivity contribution >= 4 is 6.21 Å². The highest BCUT2D eigenvalue weighted by Crippen LogP contribution is 2.11. The van der Waals surface area contributed by atoms with Crippen molar-refractivity contribution in [3.8, 4) is 0 Å². The lowest BCUT2D eigenvalue weighted by Crippen LogP contribution is -2.25. The zero-order chi connectivity index (χ0) is 13.1. The van der Waals surface area contributed by atoms with Gasteiger partial charge in [-0.05, 0) is 11.6 Å². The van der Waals surface area contributed by atoms with Gasteiger partial charge in [0.2, 0.25) is 6.33 Å². The highest BCUT2D eigenvalue weighted by Gasteiger charge is 2.15. The van der Waals surface area contributed by atoms with Crippen molar-refractivity contribution < 1.29 is 9.14 Å². The highest BCUT2D eigenvalue weighted by atomic mass is 15.1. The quantitative estimate of drug-likeness (QED) is 0.732. The Morgan fingerprint density at radius 3 is 3.00 bits per heavy atom. The second kappa shape index (κ2) is 5.39. The van der Waals surface area contributed by atoms with Crippen molar-refractivity contribution in [3.05, 3.63) is 54.1 Å². The van der Waals surface area contributed by atoms with Gasteiger partial charge in [-0.15, -0.1) is 0 Å². The summed E-state index contributed by atoms with van der Waals surface area (Å²) in [6, 6.07) is 8.71. The third-order valence-electron chi connectivity index (χ3n) is 3.73. The molecule has 1 aromatic carbocycles. The molecule has 0 spiro atoms. The maximum Gasteiger partial charge on any atom is 0.243 e. The van der Waals surface area contributed by atoms with Gasteiger partial charge in [0, 0.05) is 18.4 Å². The van der Waals surface area contributed by atoms with E-state index in [2.05, 4.69) is 70.0 Å². The fourth-order valence-electron chi connectivity index (χ4n) is 2.68. The van der Waals surface area contributed by atoms with E-state index in [-0.39, 0.29) is 0 Å². The second-order valence-electron chi connectivity index (χ2n) is 5.28. The number of fused-ring (bicyclic) bond motifs is 1. The lowest BCUT2D eigenvalue weighted by molar-refractivity contribution is -0.671. The SMILES string of the molecule is C[n+]1ccn(CCC[N+]2=Cc3ccccc3CC2)c1. The first kappa shape index (κ1) is 12.2. The molecular weight excluding hydrogens is 234 g/mol. The van der Waals surface area contributed by atoms with E-state index in [0.717, 1.165) is 19.6 Å². The molecule has 1 aliphatic rings. The lowest BCUT2D eigenvalue weighted by atomic mass is 10.0. The maximum absolute atomic E-state index is 2.45. The summed E-state index contributed by atoms with van der Waals surface area (Å²) in [5.41, 5.74) is 2.87. The molecule has 3 rings (SSSR count). The Hall–Kier alpha value is -1.90. The summed E-state index contributed by atoms with van der Waals surface area (Å²) in [6.07, 6.45) is 11.0. The third-order valence-corrected chi connectivity index (χ3v) is 3.73. The molecule has 3 nitrogen and oxygen atoms in total. The van der Waals surface area contributed by atoms with Gasteiger partial charge in [0.1, 0.15) is 25.5 Å². The summed E-state index contributed by atoms with van der Waals surface area (Å²) < 4.78 is 6.78. The van der Waals surface area contributed by atoms with Crippen LogP contribution in [0.25, 0.3) is 0 Å². The summed E-state index contributed by atoms with van der Waals surface area (Å²) in [4.78, 5) is 0. The van der Waals surface area contributed by atoms with Gasteiger partial charge >= 0.3 is 0 Å². The van der Waals surface area contributed by atoms with Crippen LogP contribution in [0.4, 0.5) is 0 Å². The molecule has 0 radical (unpaired) electrons. The summed E-state index contributed by atoms with van der Waals surface area (Å²) in [5.74, 6) is 0. The Bertz CT molecular complexity index is 596. The molecule has 0 amide bonds. The van der Waals surface area contributed by atoms with E-state index in [4.69, 9.17) is 0 Å². The van der Waals surface area contributed by atoms with Gasteiger partial charge in [0.15, 0.2) is 6.21 Å². The highest BCUT2D eigenvalue weighted by molar-refractivity contribution is 5.78. The Kier molecular flexibility index (Phi) is 3.45. The first-order valence-electron chi connectivity index (χ1n) is 6.99. The number of benzene rings is 1. The van der Waals surface area contributed by atoms with Crippen LogP contribution in [0.5, 0.6) is 0 Å². The first-order chi connectivity index (χ1) is 9.31. The van der Waals surface area contributed by atoms with Crippen LogP contribution in [0.2, 0.25) is 0 Å². The molecule has 19 heavy (non-hydrogen) atoms. The minimum Gasteiger partial charge on any atom is -0.240 e. The predicted octanol–water partition coefficient (Wildman–Crippen LogP) is 1.39. The predicted molar refractivity (Wildman–Crippen MR) is 75.5 cm³/mol. The Labute approximate surface area is 114 Å². The molecule has 98 valence electrons. The molecule has 0 saturated carbocycles. The third kappa shape index (κ3) is 2.92. The monoisotopic (exact) mass is 255 g/mol. The van der Waals surface area contributed by atoms with Crippen molar-refractivity contribution in [2.75, 3.05) is 13.1 Å². The van der Waals surface area contributed by atoms with Crippen LogP contribution in [-0.2, 0) is 20.0 Å². The van der Waals surface area contributed by atoms with Gasteiger partial charge in [-0.1, -0.05) is 18.2 Å². The number of hydrogen-bond donors (Lipinski definition) is 0. The van der Waals surface area contributed by atoms with Crippen LogP contribution in [0, 0.1) is 0 Å². The zero-order valence-electron chi connectivity index (χ0n) is 11.5. The van der Waals surface area contributed by atoms with Crippen molar-refractivity contribution in [3.63, 3.8) is 0 Å². The molecule has 3 heteroatoms. The molecule has 0 aliphatic carbocycles. The first-order valence-corrected chi connectivity index (χ1v) is 6.99. The van der Waals surface area contributed by atoms with Crippen LogP contribution in [-0.4, -0.2) is 28.4 Å². The molecule has 1 aromatic heterocycles. The zero-order valence-corrected chi connectivity index (χ0v) is 11.5. The van der Waals surface area contributed by atoms with E-state index in [9.17, 15) is 0 Å². The summed E-state index contributed by atoms with van der Waals surface area (Å²) in [7, 11) is 2.06. The maximum atomic E-state index is 2.45. The average Bonchev–Trinajstić information content (AvgIpc) is 2.84. The van der Waals surface area contributed by atoms with E-state index in [1.165, 1.54) is 24.0 Å². The van der Waals surface area contributed by atoms with E-state index >= 15 is 0 Å². The normalized spacial score (nSPS) is 14.1. The number of aromatic nitrogens is 2. The second-order valence-corrected chi connectivity index (χ2v) is 5.28. The number of imidazole rings is 1. The van der Waals surface area contributed by atoms with Crippen molar-refractivity contribution in [2.24, 2.45) is 7.05 Å². The van der Waals surface area contributed by atoms with Gasteiger partial charge < -0.3 is 0 Å². The largest absolute Gasteiger partial charge is 0.243 e. The smallest absolute Gasteiger partial charge is 0.240 e.